The second-order valence-electron chi connectivity index (χ2n) is 5.08. The maximum Gasteiger partial charge on any atom is 0.262 e. The number of carbonyl (C=O) groups is 2. The topological polar surface area (TPSA) is 58.2 Å². The van der Waals surface area contributed by atoms with E-state index < -0.39 is 6.04 Å². The van der Waals surface area contributed by atoms with Crippen LogP contribution >= 0.6 is 11.3 Å². The van der Waals surface area contributed by atoms with E-state index in [9.17, 15) is 14.0 Å². The Kier molecular flexibility index (Phi) is 3.88. The van der Waals surface area contributed by atoms with Gasteiger partial charge in [-0.15, -0.1) is 11.3 Å². The first kappa shape index (κ1) is 14.0. The van der Waals surface area contributed by atoms with Gasteiger partial charge in [-0.1, -0.05) is 6.07 Å². The highest BCUT2D eigenvalue weighted by Gasteiger charge is 2.23. The predicted octanol–water partition coefficient (Wildman–Crippen LogP) is 2.44. The molecule has 0 aliphatic carbocycles. The average molecular weight is 306 g/mol. The van der Waals surface area contributed by atoms with Gasteiger partial charge in [0.25, 0.3) is 5.91 Å². The Morgan fingerprint density at radius 1 is 1.38 bits per heavy atom. The summed E-state index contributed by atoms with van der Waals surface area (Å²) in [4.78, 5) is 24.5. The minimum absolute atomic E-state index is 0.145. The van der Waals surface area contributed by atoms with Crippen molar-refractivity contribution in [1.82, 2.24) is 10.6 Å². The van der Waals surface area contributed by atoms with E-state index in [2.05, 4.69) is 10.6 Å². The quantitative estimate of drug-likeness (QED) is 0.895. The van der Waals surface area contributed by atoms with E-state index in [4.69, 9.17) is 0 Å². The smallest absolute Gasteiger partial charge is 0.262 e. The summed E-state index contributed by atoms with van der Waals surface area (Å²) in [6.07, 6.45) is 2.45. The van der Waals surface area contributed by atoms with Crippen LogP contribution in [-0.2, 0) is 4.79 Å². The van der Waals surface area contributed by atoms with Crippen molar-refractivity contribution in [3.8, 4) is 0 Å². The number of nitrogens with one attached hydrogen (secondary N) is 2. The molecule has 1 saturated heterocycles. The Balaban J connectivity index is 1.80. The number of hydrogen-bond donors (Lipinski definition) is 2. The number of carbonyl (C=O) groups excluding carboxylic acids is 2. The lowest BCUT2D eigenvalue weighted by Crippen LogP contribution is -2.45. The number of hydrogen-bond acceptors (Lipinski definition) is 3. The first-order chi connectivity index (χ1) is 10.1. The van der Waals surface area contributed by atoms with Gasteiger partial charge < -0.3 is 10.6 Å². The lowest BCUT2D eigenvalue weighted by Gasteiger charge is -2.14. The lowest BCUT2D eigenvalue weighted by molar-refractivity contribution is -0.122. The molecule has 1 aliphatic rings. The average Bonchev–Trinajstić information content (AvgIpc) is 2.81. The fraction of sp³-hybridized carbons (Fsp3) is 0.333. The monoisotopic (exact) mass is 306 g/mol. The van der Waals surface area contributed by atoms with Crippen molar-refractivity contribution in [1.29, 1.82) is 0 Å². The van der Waals surface area contributed by atoms with Gasteiger partial charge in [0.2, 0.25) is 5.91 Å². The zero-order valence-electron chi connectivity index (χ0n) is 11.3. The molecule has 110 valence electrons. The minimum Gasteiger partial charge on any atom is -0.354 e. The van der Waals surface area contributed by atoms with Crippen LogP contribution in [0.3, 0.4) is 0 Å². The van der Waals surface area contributed by atoms with Gasteiger partial charge in [-0.25, -0.2) is 4.39 Å². The van der Waals surface area contributed by atoms with Gasteiger partial charge in [-0.05, 0) is 37.5 Å². The molecule has 2 amide bonds. The molecule has 6 heteroatoms. The molecule has 4 nitrogen and oxygen atoms in total. The largest absolute Gasteiger partial charge is 0.354 e. The second-order valence-corrected chi connectivity index (χ2v) is 6.16. The molecule has 1 aliphatic heterocycles. The van der Waals surface area contributed by atoms with E-state index in [0.717, 1.165) is 17.5 Å². The number of halogens is 1. The number of benzene rings is 1. The summed E-state index contributed by atoms with van der Waals surface area (Å²) in [5.41, 5.74) is 0. The summed E-state index contributed by atoms with van der Waals surface area (Å²) in [6, 6.07) is 5.80. The Morgan fingerprint density at radius 3 is 3.05 bits per heavy atom. The van der Waals surface area contributed by atoms with Crippen LogP contribution in [0.15, 0.2) is 24.3 Å². The Labute approximate surface area is 125 Å². The highest BCUT2D eigenvalue weighted by atomic mass is 32.1. The minimum atomic E-state index is -0.505. The molecule has 2 aromatic rings. The molecule has 0 unspecified atom stereocenters. The second kappa shape index (κ2) is 5.81. The van der Waals surface area contributed by atoms with Crippen LogP contribution in [0.2, 0.25) is 0 Å². The summed E-state index contributed by atoms with van der Waals surface area (Å²) >= 11 is 1.23. The fourth-order valence-corrected chi connectivity index (χ4v) is 3.42. The van der Waals surface area contributed by atoms with E-state index in [-0.39, 0.29) is 17.6 Å². The number of amides is 2. The zero-order valence-corrected chi connectivity index (χ0v) is 12.1. The van der Waals surface area contributed by atoms with Gasteiger partial charge in [0.1, 0.15) is 11.9 Å². The van der Waals surface area contributed by atoms with E-state index in [1.807, 2.05) is 0 Å². The molecule has 1 aromatic carbocycles. The van der Waals surface area contributed by atoms with Crippen molar-refractivity contribution in [2.75, 3.05) is 6.54 Å². The van der Waals surface area contributed by atoms with E-state index in [1.165, 1.54) is 17.4 Å². The van der Waals surface area contributed by atoms with Crippen LogP contribution in [0.4, 0.5) is 4.39 Å². The number of rotatable bonds is 2. The summed E-state index contributed by atoms with van der Waals surface area (Å²) in [5.74, 6) is -0.805. The maximum atomic E-state index is 13.6. The first-order valence-corrected chi connectivity index (χ1v) is 7.73. The Bertz CT molecular complexity index is 698. The van der Waals surface area contributed by atoms with E-state index >= 15 is 0 Å². The van der Waals surface area contributed by atoms with E-state index in [0.29, 0.717) is 23.2 Å². The third kappa shape index (κ3) is 2.90. The first-order valence-electron chi connectivity index (χ1n) is 6.92. The van der Waals surface area contributed by atoms with Crippen molar-refractivity contribution in [3.63, 3.8) is 0 Å². The van der Waals surface area contributed by atoms with Gasteiger partial charge in [-0.2, -0.15) is 0 Å². The van der Waals surface area contributed by atoms with Crippen LogP contribution < -0.4 is 10.6 Å². The van der Waals surface area contributed by atoms with E-state index in [1.54, 1.807) is 18.2 Å². The molecular formula is C15H15FN2O2S. The summed E-state index contributed by atoms with van der Waals surface area (Å²) in [6.45, 7) is 0.652. The maximum absolute atomic E-state index is 13.6. The van der Waals surface area contributed by atoms with Crippen LogP contribution in [0.1, 0.15) is 28.9 Å². The standard InChI is InChI=1S/C15H15FN2O2S/c16-10-4-3-6-12-9(10)8-13(21-12)15(20)18-11-5-1-2-7-17-14(11)19/h3-4,6,8,11H,1-2,5,7H2,(H,17,19)(H,18,20)/t11-/m0/s1. The lowest BCUT2D eigenvalue weighted by atomic mass is 10.1. The van der Waals surface area contributed by atoms with Gasteiger partial charge in [-0.3, -0.25) is 9.59 Å². The van der Waals surface area contributed by atoms with Crippen LogP contribution in [0.25, 0.3) is 10.1 Å². The molecule has 1 aromatic heterocycles. The molecule has 2 heterocycles. The molecule has 0 bridgehead atoms. The van der Waals surface area contributed by atoms with Crippen molar-refractivity contribution < 1.29 is 14.0 Å². The van der Waals surface area contributed by atoms with Gasteiger partial charge in [0, 0.05) is 16.6 Å². The summed E-state index contributed by atoms with van der Waals surface area (Å²) in [7, 11) is 0. The molecule has 0 spiro atoms. The molecule has 21 heavy (non-hydrogen) atoms. The van der Waals surface area contributed by atoms with Crippen molar-refractivity contribution in [2.45, 2.75) is 25.3 Å². The van der Waals surface area contributed by atoms with Gasteiger partial charge in [0.15, 0.2) is 0 Å². The van der Waals surface area contributed by atoms with Crippen molar-refractivity contribution in [2.24, 2.45) is 0 Å². The Hall–Kier alpha value is -1.95. The number of thiophene rings is 1. The molecule has 1 fully saturated rings. The fourth-order valence-electron chi connectivity index (χ4n) is 2.44. The molecular weight excluding hydrogens is 291 g/mol. The highest BCUT2D eigenvalue weighted by Crippen LogP contribution is 2.27. The van der Waals surface area contributed by atoms with Crippen LogP contribution in [-0.4, -0.2) is 24.4 Å². The molecule has 0 saturated carbocycles. The number of fused-ring (bicyclic) bond motifs is 1. The zero-order chi connectivity index (χ0) is 14.8. The SMILES string of the molecule is O=C(N[C@H]1CCCCNC1=O)c1cc2c(F)cccc2s1. The molecule has 2 N–H and O–H groups in total. The molecule has 0 radical (unpaired) electrons. The molecule has 1 atom stereocenters. The van der Waals surface area contributed by atoms with Gasteiger partial charge >= 0.3 is 0 Å². The third-order valence-electron chi connectivity index (χ3n) is 3.57. The van der Waals surface area contributed by atoms with Gasteiger partial charge in [0.05, 0.1) is 4.88 Å². The summed E-state index contributed by atoms with van der Waals surface area (Å²) < 4.78 is 14.4. The molecule has 3 rings (SSSR count). The highest BCUT2D eigenvalue weighted by molar-refractivity contribution is 7.20. The van der Waals surface area contributed by atoms with Crippen molar-refractivity contribution in [3.05, 3.63) is 35.0 Å². The third-order valence-corrected chi connectivity index (χ3v) is 4.67. The summed E-state index contributed by atoms with van der Waals surface area (Å²) in [5, 5.41) is 5.96. The Morgan fingerprint density at radius 2 is 2.24 bits per heavy atom. The van der Waals surface area contributed by atoms with Crippen molar-refractivity contribution >= 4 is 33.2 Å². The normalized spacial score (nSPS) is 19.1. The predicted molar refractivity (Wildman–Crippen MR) is 79.9 cm³/mol. The van der Waals surface area contributed by atoms with Crippen LogP contribution in [0.5, 0.6) is 0 Å². The van der Waals surface area contributed by atoms with Crippen LogP contribution in [0, 0.1) is 5.82 Å².